The Morgan fingerprint density at radius 1 is 1.16 bits per heavy atom. The predicted molar refractivity (Wildman–Crippen MR) is 121 cm³/mol. The molecule has 2 aromatic carbocycles. The maximum Gasteiger partial charge on any atom is 0.258 e. The van der Waals surface area contributed by atoms with E-state index in [1.807, 2.05) is 38.1 Å². The number of amides is 1. The molecule has 4 rings (SSSR count). The molecule has 2 aromatic heterocycles. The minimum absolute atomic E-state index is 0.163. The van der Waals surface area contributed by atoms with Crippen LogP contribution in [-0.2, 0) is 13.0 Å². The van der Waals surface area contributed by atoms with Crippen LogP contribution in [0, 0.1) is 0 Å². The van der Waals surface area contributed by atoms with E-state index in [9.17, 15) is 9.59 Å². The topological polar surface area (TPSA) is 83.9 Å². The Bertz CT molecular complexity index is 1310. The van der Waals surface area contributed by atoms with Gasteiger partial charge in [0, 0.05) is 11.6 Å². The number of nitrogens with one attached hydrogen (secondary N) is 1. The zero-order valence-corrected chi connectivity index (χ0v) is 18.1. The number of benzene rings is 2. The fourth-order valence-electron chi connectivity index (χ4n) is 3.61. The lowest BCUT2D eigenvalue weighted by Crippen LogP contribution is -2.32. The van der Waals surface area contributed by atoms with Crippen LogP contribution >= 0.6 is 11.6 Å². The molecule has 0 spiro atoms. The summed E-state index contributed by atoms with van der Waals surface area (Å²) in [4.78, 5) is 34.7. The third kappa shape index (κ3) is 4.09. The molecule has 1 N–H and O–H groups in total. The van der Waals surface area contributed by atoms with Gasteiger partial charge >= 0.3 is 0 Å². The number of aromatic amines is 1. The first kappa shape index (κ1) is 20.8. The van der Waals surface area contributed by atoms with E-state index in [4.69, 9.17) is 11.6 Å². The number of fused-ring (bicyclic) bond motifs is 1. The lowest BCUT2D eigenvalue weighted by Gasteiger charge is -2.20. The fourth-order valence-corrected chi connectivity index (χ4v) is 3.80. The summed E-state index contributed by atoms with van der Waals surface area (Å²) in [6, 6.07) is 14.5. The quantitative estimate of drug-likeness (QED) is 0.496. The average molecular weight is 436 g/mol. The lowest BCUT2D eigenvalue weighted by atomic mass is 10.1. The highest BCUT2D eigenvalue weighted by Crippen LogP contribution is 2.20. The van der Waals surface area contributed by atoms with Gasteiger partial charge in [0.25, 0.3) is 11.5 Å². The van der Waals surface area contributed by atoms with Crippen molar-refractivity contribution in [3.63, 3.8) is 0 Å². The van der Waals surface area contributed by atoms with Crippen molar-refractivity contribution in [3.8, 4) is 5.69 Å². The van der Waals surface area contributed by atoms with Crippen LogP contribution < -0.4 is 5.56 Å². The zero-order chi connectivity index (χ0) is 22.0. The number of carbonyl (C=O) groups is 1. The summed E-state index contributed by atoms with van der Waals surface area (Å²) >= 11 is 6.12. The second-order valence-corrected chi connectivity index (χ2v) is 7.54. The molecule has 0 fully saturated rings. The molecule has 0 aliphatic carbocycles. The van der Waals surface area contributed by atoms with E-state index in [2.05, 4.69) is 15.1 Å². The monoisotopic (exact) mass is 435 g/mol. The van der Waals surface area contributed by atoms with Crippen molar-refractivity contribution in [3.05, 3.63) is 87.2 Å². The Kier molecular flexibility index (Phi) is 5.86. The predicted octanol–water partition coefficient (Wildman–Crippen LogP) is 3.99. The van der Waals surface area contributed by atoms with Gasteiger partial charge in [-0.05, 0) is 43.7 Å². The van der Waals surface area contributed by atoms with Gasteiger partial charge in [-0.2, -0.15) is 5.10 Å². The van der Waals surface area contributed by atoms with Crippen molar-refractivity contribution < 1.29 is 4.79 Å². The Balaban J connectivity index is 1.66. The van der Waals surface area contributed by atoms with Crippen LogP contribution in [0.3, 0.4) is 0 Å². The average Bonchev–Trinajstić information content (AvgIpc) is 3.21. The van der Waals surface area contributed by atoms with Crippen LogP contribution in [0.4, 0.5) is 0 Å². The molecule has 4 aromatic rings. The summed E-state index contributed by atoms with van der Waals surface area (Å²) in [6.45, 7) is 4.53. The number of rotatable bonds is 6. The number of hydrogen-bond donors (Lipinski definition) is 1. The van der Waals surface area contributed by atoms with Crippen molar-refractivity contribution in [1.82, 2.24) is 24.6 Å². The van der Waals surface area contributed by atoms with Crippen molar-refractivity contribution >= 4 is 28.4 Å². The molecule has 8 heteroatoms. The van der Waals surface area contributed by atoms with Gasteiger partial charge in [-0.15, -0.1) is 0 Å². The molecular weight excluding hydrogens is 414 g/mol. The van der Waals surface area contributed by atoms with E-state index in [1.165, 1.54) is 0 Å². The van der Waals surface area contributed by atoms with Gasteiger partial charge in [0.1, 0.15) is 5.82 Å². The van der Waals surface area contributed by atoms with E-state index in [1.54, 1.807) is 40.0 Å². The van der Waals surface area contributed by atoms with E-state index in [0.29, 0.717) is 40.3 Å². The van der Waals surface area contributed by atoms with Crippen LogP contribution in [0.5, 0.6) is 0 Å². The molecule has 7 nitrogen and oxygen atoms in total. The van der Waals surface area contributed by atoms with Gasteiger partial charge in [-0.3, -0.25) is 9.59 Å². The molecule has 158 valence electrons. The largest absolute Gasteiger partial charge is 0.331 e. The normalized spacial score (nSPS) is 11.1. The van der Waals surface area contributed by atoms with Crippen molar-refractivity contribution in [1.29, 1.82) is 0 Å². The molecule has 0 aliphatic rings. The maximum absolute atomic E-state index is 13.3. The first-order valence-electron chi connectivity index (χ1n) is 10.1. The summed E-state index contributed by atoms with van der Waals surface area (Å²) < 4.78 is 1.74. The Hall–Kier alpha value is -3.45. The Labute approximate surface area is 184 Å². The van der Waals surface area contributed by atoms with Crippen molar-refractivity contribution in [2.45, 2.75) is 26.8 Å². The first-order chi connectivity index (χ1) is 15.0. The Morgan fingerprint density at radius 3 is 2.71 bits per heavy atom. The number of H-pyrrole nitrogens is 1. The number of hydrogen-bond acceptors (Lipinski definition) is 4. The highest BCUT2D eigenvalue weighted by atomic mass is 35.5. The summed E-state index contributed by atoms with van der Waals surface area (Å²) in [5.74, 6) is 0.280. The molecule has 31 heavy (non-hydrogen) atoms. The SMILES string of the molecule is CCc1c(C(=O)N(CC)Cc2nc3ccccc3c(=O)[nH]2)cnn1-c1cccc(Cl)c1. The zero-order valence-electron chi connectivity index (χ0n) is 17.3. The van der Waals surface area contributed by atoms with E-state index in [-0.39, 0.29) is 18.0 Å². The molecule has 0 radical (unpaired) electrons. The maximum atomic E-state index is 13.3. The number of nitrogens with zero attached hydrogens (tertiary/aromatic N) is 4. The van der Waals surface area contributed by atoms with Gasteiger partial charge < -0.3 is 9.88 Å². The molecule has 2 heterocycles. The van der Waals surface area contributed by atoms with Crippen LogP contribution in [0.2, 0.25) is 5.02 Å². The van der Waals surface area contributed by atoms with Crippen molar-refractivity contribution in [2.24, 2.45) is 0 Å². The minimum Gasteiger partial charge on any atom is -0.331 e. The highest BCUT2D eigenvalue weighted by Gasteiger charge is 2.22. The second kappa shape index (κ2) is 8.73. The van der Waals surface area contributed by atoms with Crippen LogP contribution in [0.15, 0.2) is 59.5 Å². The second-order valence-electron chi connectivity index (χ2n) is 7.10. The van der Waals surface area contributed by atoms with Crippen LogP contribution in [0.25, 0.3) is 16.6 Å². The minimum atomic E-state index is -0.216. The summed E-state index contributed by atoms with van der Waals surface area (Å²) in [7, 11) is 0. The van der Waals surface area contributed by atoms with E-state index < -0.39 is 0 Å². The van der Waals surface area contributed by atoms with Gasteiger partial charge in [0.05, 0.1) is 40.6 Å². The number of carbonyl (C=O) groups excluding carboxylic acids is 1. The summed E-state index contributed by atoms with van der Waals surface area (Å²) in [6.07, 6.45) is 2.21. The van der Waals surface area contributed by atoms with Gasteiger partial charge in [-0.25, -0.2) is 9.67 Å². The van der Waals surface area contributed by atoms with Gasteiger partial charge in [0.15, 0.2) is 0 Å². The lowest BCUT2D eigenvalue weighted by molar-refractivity contribution is 0.0747. The summed E-state index contributed by atoms with van der Waals surface area (Å²) in [5, 5.41) is 5.56. The number of para-hydroxylation sites is 1. The standard InChI is InChI=1S/C23H22ClN5O2/c1-3-20-18(13-25-29(20)16-9-7-8-15(24)12-16)23(31)28(4-2)14-21-26-19-11-6-5-10-17(19)22(30)27-21/h5-13H,3-4,14H2,1-2H3,(H,26,27,30). The molecule has 0 saturated heterocycles. The third-order valence-corrected chi connectivity index (χ3v) is 5.39. The van der Waals surface area contributed by atoms with Crippen LogP contribution in [0.1, 0.15) is 35.7 Å². The molecular formula is C23H22ClN5O2. The highest BCUT2D eigenvalue weighted by molar-refractivity contribution is 6.30. The number of halogens is 1. The third-order valence-electron chi connectivity index (χ3n) is 5.16. The molecule has 0 atom stereocenters. The first-order valence-corrected chi connectivity index (χ1v) is 10.5. The van der Waals surface area contributed by atoms with E-state index in [0.717, 1.165) is 11.4 Å². The van der Waals surface area contributed by atoms with Crippen molar-refractivity contribution in [2.75, 3.05) is 6.54 Å². The summed E-state index contributed by atoms with van der Waals surface area (Å²) in [5.41, 5.74) is 2.50. The fraction of sp³-hybridized carbons (Fsp3) is 0.217. The Morgan fingerprint density at radius 2 is 1.97 bits per heavy atom. The number of aromatic nitrogens is 4. The molecule has 0 aliphatic heterocycles. The van der Waals surface area contributed by atoms with E-state index >= 15 is 0 Å². The van der Waals surface area contributed by atoms with Crippen LogP contribution in [-0.4, -0.2) is 37.1 Å². The van der Waals surface area contributed by atoms with Gasteiger partial charge in [-0.1, -0.05) is 36.7 Å². The molecule has 0 saturated carbocycles. The van der Waals surface area contributed by atoms with Gasteiger partial charge in [0.2, 0.25) is 0 Å². The molecule has 0 bridgehead atoms. The molecule has 1 amide bonds. The smallest absolute Gasteiger partial charge is 0.258 e. The molecule has 0 unspecified atom stereocenters.